The molecule has 0 spiro atoms. The van der Waals surface area contributed by atoms with Gasteiger partial charge in [-0.25, -0.2) is 4.90 Å². The van der Waals surface area contributed by atoms with Crippen molar-refractivity contribution >= 4 is 5.97 Å². The van der Waals surface area contributed by atoms with Crippen LogP contribution in [0.3, 0.4) is 0 Å². The lowest BCUT2D eigenvalue weighted by Crippen LogP contribution is -2.49. The van der Waals surface area contributed by atoms with E-state index in [4.69, 9.17) is 9.47 Å². The molecule has 2 saturated heterocycles. The molecule has 2 fully saturated rings. The Morgan fingerprint density at radius 1 is 0.821 bits per heavy atom. The topological polar surface area (TPSA) is 64.5 Å². The minimum atomic E-state index is -0.528. The van der Waals surface area contributed by atoms with E-state index in [9.17, 15) is 4.79 Å². The van der Waals surface area contributed by atoms with Gasteiger partial charge in [0.15, 0.2) is 0 Å². The molecule has 5 rings (SSSR count). The molecule has 0 radical (unpaired) electrons. The lowest BCUT2D eigenvalue weighted by molar-refractivity contribution is -0.163. The first-order valence-electron chi connectivity index (χ1n) is 9.27. The molecule has 4 atom stereocenters. The summed E-state index contributed by atoms with van der Waals surface area (Å²) in [7, 11) is 0. The predicted molar refractivity (Wildman–Crippen MR) is 101 cm³/mol. The largest absolute Gasteiger partial charge is 0.462 e. The number of carbonyl (C=O) groups is 1. The third kappa shape index (κ3) is 2.87. The molecule has 3 aromatic rings. The number of aromatic nitrogens is 2. The molecule has 4 heterocycles. The summed E-state index contributed by atoms with van der Waals surface area (Å²) in [5.74, 6) is -0.259. The third-order valence-corrected chi connectivity index (χ3v) is 5.35. The smallest absolute Gasteiger partial charge is 0.326 e. The average Bonchev–Trinajstić information content (AvgIpc) is 3.17. The zero-order valence-electron chi connectivity index (χ0n) is 15.1. The first kappa shape index (κ1) is 17.0. The highest BCUT2D eigenvalue weighted by Gasteiger charge is 2.54. The van der Waals surface area contributed by atoms with Crippen molar-refractivity contribution in [2.45, 2.75) is 24.4 Å². The molecule has 1 aromatic carbocycles. The fourth-order valence-electron chi connectivity index (χ4n) is 4.06. The summed E-state index contributed by atoms with van der Waals surface area (Å²) >= 11 is 0. The number of cyclic esters (lactones) is 1. The molecule has 2 aromatic heterocycles. The molecule has 0 aliphatic carbocycles. The minimum Gasteiger partial charge on any atom is -0.462 e. The summed E-state index contributed by atoms with van der Waals surface area (Å²) in [6.07, 6.45) is 6.11. The highest BCUT2D eigenvalue weighted by molar-refractivity contribution is 5.78. The van der Waals surface area contributed by atoms with E-state index < -0.39 is 12.1 Å². The van der Waals surface area contributed by atoms with Crippen molar-refractivity contribution in [2.75, 3.05) is 6.61 Å². The predicted octanol–water partition coefficient (Wildman–Crippen LogP) is 3.22. The van der Waals surface area contributed by atoms with Crippen LogP contribution in [0, 0.1) is 0 Å². The number of fused-ring (bicyclic) bond motifs is 1. The Balaban J connectivity index is 1.61. The number of hydrogen-bond donors (Lipinski definition) is 0. The van der Waals surface area contributed by atoms with Gasteiger partial charge in [0.25, 0.3) is 0 Å². The van der Waals surface area contributed by atoms with Gasteiger partial charge in [0.05, 0.1) is 6.04 Å². The quantitative estimate of drug-likeness (QED) is 0.657. The second kappa shape index (κ2) is 7.14. The van der Waals surface area contributed by atoms with Gasteiger partial charge in [0.2, 0.25) is 0 Å². The SMILES string of the molecule is O=C1OC[C@@H](c2ccccc2)N2C(c3ccncc3)OC(c3ccncc3)[C@H]12. The van der Waals surface area contributed by atoms with Gasteiger partial charge in [-0.2, -0.15) is 0 Å². The Morgan fingerprint density at radius 2 is 1.46 bits per heavy atom. The van der Waals surface area contributed by atoms with Crippen molar-refractivity contribution in [1.29, 1.82) is 0 Å². The summed E-state index contributed by atoms with van der Waals surface area (Å²) in [6, 6.07) is 17.1. The maximum Gasteiger partial charge on any atom is 0.326 e. The molecule has 140 valence electrons. The van der Waals surface area contributed by atoms with E-state index in [1.165, 1.54) is 0 Å². The minimum absolute atomic E-state index is 0.0890. The number of ether oxygens (including phenoxy) is 2. The molecule has 0 saturated carbocycles. The number of rotatable bonds is 3. The third-order valence-electron chi connectivity index (χ3n) is 5.35. The van der Waals surface area contributed by atoms with Crippen molar-refractivity contribution in [3.8, 4) is 0 Å². The van der Waals surface area contributed by atoms with Crippen LogP contribution in [0.15, 0.2) is 79.4 Å². The Labute approximate surface area is 162 Å². The van der Waals surface area contributed by atoms with Crippen molar-refractivity contribution in [2.24, 2.45) is 0 Å². The van der Waals surface area contributed by atoms with Gasteiger partial charge < -0.3 is 9.47 Å². The van der Waals surface area contributed by atoms with Crippen LogP contribution in [-0.2, 0) is 14.3 Å². The fraction of sp³-hybridized carbons (Fsp3) is 0.227. The standard InChI is InChI=1S/C22H19N3O3/c26-22-19-20(16-6-10-23-11-7-16)28-21(17-8-12-24-13-9-17)25(19)18(14-27-22)15-4-2-1-3-5-15/h1-13,18-21H,14H2/t18-,19+,20?,21?/m0/s1. The summed E-state index contributed by atoms with van der Waals surface area (Å²) in [5.41, 5.74) is 2.97. The molecule has 6 nitrogen and oxygen atoms in total. The van der Waals surface area contributed by atoms with Gasteiger partial charge in [-0.15, -0.1) is 0 Å². The maximum absolute atomic E-state index is 12.8. The lowest BCUT2D eigenvalue weighted by atomic mass is 9.97. The summed E-state index contributed by atoms with van der Waals surface area (Å²) in [5, 5.41) is 0. The summed E-state index contributed by atoms with van der Waals surface area (Å²) < 4.78 is 12.1. The number of benzene rings is 1. The molecule has 0 N–H and O–H groups in total. The van der Waals surface area contributed by atoms with Crippen molar-refractivity contribution in [3.05, 3.63) is 96.1 Å². The van der Waals surface area contributed by atoms with Crippen molar-refractivity contribution < 1.29 is 14.3 Å². The average molecular weight is 373 g/mol. The van der Waals surface area contributed by atoms with Crippen LogP contribution in [0.4, 0.5) is 0 Å². The Morgan fingerprint density at radius 3 is 2.14 bits per heavy atom. The number of pyridine rings is 2. The highest BCUT2D eigenvalue weighted by Crippen LogP contribution is 2.49. The van der Waals surface area contributed by atoms with Gasteiger partial charge in [-0.05, 0) is 41.0 Å². The monoisotopic (exact) mass is 373 g/mol. The van der Waals surface area contributed by atoms with E-state index in [1.54, 1.807) is 24.8 Å². The van der Waals surface area contributed by atoms with Crippen molar-refractivity contribution in [1.82, 2.24) is 14.9 Å². The van der Waals surface area contributed by atoms with Gasteiger partial charge >= 0.3 is 5.97 Å². The number of carbonyl (C=O) groups excluding carboxylic acids is 1. The van der Waals surface area contributed by atoms with Gasteiger partial charge in [-0.1, -0.05) is 30.3 Å². The van der Waals surface area contributed by atoms with E-state index in [-0.39, 0.29) is 18.2 Å². The molecule has 2 unspecified atom stereocenters. The molecule has 0 amide bonds. The first-order valence-corrected chi connectivity index (χ1v) is 9.27. The molecular weight excluding hydrogens is 354 g/mol. The van der Waals surface area contributed by atoms with Crippen LogP contribution in [0.1, 0.15) is 35.1 Å². The molecule has 2 aliphatic heterocycles. The lowest BCUT2D eigenvalue weighted by Gasteiger charge is -2.39. The summed E-state index contributed by atoms with van der Waals surface area (Å²) in [6.45, 7) is 0.299. The van der Waals surface area contributed by atoms with Crippen LogP contribution >= 0.6 is 0 Å². The highest BCUT2D eigenvalue weighted by atomic mass is 16.6. The maximum atomic E-state index is 12.8. The van der Waals surface area contributed by atoms with Gasteiger partial charge in [-0.3, -0.25) is 14.8 Å². The fourth-order valence-corrected chi connectivity index (χ4v) is 4.06. The molecule has 2 aliphatic rings. The second-order valence-electron chi connectivity index (χ2n) is 6.92. The van der Waals surface area contributed by atoms with E-state index in [2.05, 4.69) is 27.0 Å². The number of nitrogens with zero attached hydrogens (tertiary/aromatic N) is 3. The van der Waals surface area contributed by atoms with E-state index in [1.807, 2.05) is 42.5 Å². The Bertz CT molecular complexity index is 953. The normalized spacial score (nSPS) is 27.2. The Kier molecular flexibility index (Phi) is 4.35. The van der Waals surface area contributed by atoms with E-state index in [0.717, 1.165) is 16.7 Å². The second-order valence-corrected chi connectivity index (χ2v) is 6.92. The van der Waals surface area contributed by atoms with Crippen LogP contribution in [0.2, 0.25) is 0 Å². The van der Waals surface area contributed by atoms with Gasteiger partial charge in [0.1, 0.15) is 25.0 Å². The van der Waals surface area contributed by atoms with Gasteiger partial charge in [0, 0.05) is 24.8 Å². The zero-order valence-corrected chi connectivity index (χ0v) is 15.1. The van der Waals surface area contributed by atoms with Crippen LogP contribution < -0.4 is 0 Å². The van der Waals surface area contributed by atoms with E-state index >= 15 is 0 Å². The van der Waals surface area contributed by atoms with E-state index in [0.29, 0.717) is 6.61 Å². The molecule has 6 heteroatoms. The van der Waals surface area contributed by atoms with Crippen LogP contribution in [0.5, 0.6) is 0 Å². The van der Waals surface area contributed by atoms with Crippen molar-refractivity contribution in [3.63, 3.8) is 0 Å². The number of morpholine rings is 1. The Hall–Kier alpha value is -3.09. The molecule has 0 bridgehead atoms. The molecular formula is C22H19N3O3. The first-order chi connectivity index (χ1) is 13.8. The zero-order chi connectivity index (χ0) is 18.9. The summed E-state index contributed by atoms with van der Waals surface area (Å²) in [4.78, 5) is 23.2. The molecule has 28 heavy (non-hydrogen) atoms. The van der Waals surface area contributed by atoms with Crippen LogP contribution in [0.25, 0.3) is 0 Å². The number of esters is 1. The van der Waals surface area contributed by atoms with Crippen LogP contribution in [-0.4, -0.2) is 33.5 Å². The number of hydrogen-bond acceptors (Lipinski definition) is 6.